The number of carbonyl (C=O) groups is 1. The van der Waals surface area contributed by atoms with Gasteiger partial charge in [0.2, 0.25) is 5.56 Å². The van der Waals surface area contributed by atoms with Gasteiger partial charge in [-0.2, -0.15) is 13.2 Å². The molecule has 1 amide bonds. The molecule has 0 bridgehead atoms. The van der Waals surface area contributed by atoms with Crippen molar-refractivity contribution in [1.29, 1.82) is 0 Å². The minimum Gasteiger partial charge on any atom is -0.497 e. The number of nitrogens with one attached hydrogen (secondary N) is 2. The first-order valence-electron chi connectivity index (χ1n) is 15.3. The summed E-state index contributed by atoms with van der Waals surface area (Å²) in [6.07, 6.45) is -1.68. The number of ether oxygens (including phenoxy) is 1. The molecule has 3 atom stereocenters. The number of likely N-dealkylation sites (N-methyl/N-ethyl adjacent to an activating group) is 1. The fourth-order valence-electron chi connectivity index (χ4n) is 6.23. The molecule has 2 aliphatic heterocycles. The van der Waals surface area contributed by atoms with Gasteiger partial charge in [-0.15, -0.1) is 0 Å². The van der Waals surface area contributed by atoms with E-state index in [1.165, 1.54) is 12.1 Å². The maximum atomic E-state index is 16.0. The van der Waals surface area contributed by atoms with Crippen LogP contribution >= 0.6 is 0 Å². The van der Waals surface area contributed by atoms with Gasteiger partial charge in [0, 0.05) is 62.1 Å². The number of aromatic nitrogens is 1. The highest BCUT2D eigenvalue weighted by Gasteiger charge is 2.36. The molecule has 0 aliphatic carbocycles. The third-order valence-corrected chi connectivity index (χ3v) is 9.24. The van der Waals surface area contributed by atoms with Crippen molar-refractivity contribution in [1.82, 2.24) is 14.8 Å². The molecule has 246 valence electrons. The second-order valence-electron chi connectivity index (χ2n) is 12.1. The number of amides is 1. The molecule has 0 spiro atoms. The van der Waals surface area contributed by atoms with Crippen molar-refractivity contribution in [2.75, 3.05) is 50.6 Å². The van der Waals surface area contributed by atoms with E-state index in [-0.39, 0.29) is 29.4 Å². The van der Waals surface area contributed by atoms with Crippen LogP contribution in [0.3, 0.4) is 0 Å². The number of hydrogen-bond donors (Lipinski definition) is 2. The van der Waals surface area contributed by atoms with Gasteiger partial charge in [-0.3, -0.25) is 19.4 Å². The van der Waals surface area contributed by atoms with Crippen LogP contribution in [-0.4, -0.2) is 73.1 Å². The number of hydrogen-bond acceptors (Lipinski definition) is 6. The number of halogens is 4. The van der Waals surface area contributed by atoms with E-state index < -0.39 is 34.6 Å². The zero-order valence-corrected chi connectivity index (χ0v) is 26.5. The van der Waals surface area contributed by atoms with Gasteiger partial charge in [-0.05, 0) is 69.6 Å². The molecule has 46 heavy (non-hydrogen) atoms. The van der Waals surface area contributed by atoms with Crippen LogP contribution in [-0.2, 0) is 6.18 Å². The number of piperazine rings is 1. The lowest BCUT2D eigenvalue weighted by atomic mass is 9.95. The van der Waals surface area contributed by atoms with E-state index in [4.69, 9.17) is 4.74 Å². The molecule has 1 aromatic heterocycles. The Morgan fingerprint density at radius 1 is 1.09 bits per heavy atom. The fourth-order valence-corrected chi connectivity index (χ4v) is 6.23. The van der Waals surface area contributed by atoms with Crippen molar-refractivity contribution in [2.24, 2.45) is 0 Å². The normalized spacial score (nSPS) is 20.3. The molecule has 0 radical (unpaired) electrons. The van der Waals surface area contributed by atoms with Crippen molar-refractivity contribution in [3.8, 4) is 5.75 Å². The summed E-state index contributed by atoms with van der Waals surface area (Å²) >= 11 is 0. The highest BCUT2D eigenvalue weighted by molar-refractivity contribution is 6.07. The van der Waals surface area contributed by atoms with Crippen LogP contribution < -0.4 is 20.5 Å². The van der Waals surface area contributed by atoms with Crippen molar-refractivity contribution < 1.29 is 27.1 Å². The van der Waals surface area contributed by atoms with Crippen LogP contribution in [0.1, 0.15) is 60.3 Å². The average Bonchev–Trinajstić information content (AvgIpc) is 3.03. The number of benzene rings is 2. The number of alkyl halides is 3. The Morgan fingerprint density at radius 3 is 2.35 bits per heavy atom. The van der Waals surface area contributed by atoms with Crippen molar-refractivity contribution >= 4 is 22.9 Å². The van der Waals surface area contributed by atoms with Gasteiger partial charge in [0.1, 0.15) is 11.6 Å². The number of carbonyl (C=O) groups excluding carboxylic acids is 1. The molecule has 5 rings (SSSR count). The van der Waals surface area contributed by atoms with Gasteiger partial charge >= 0.3 is 6.18 Å². The Balaban J connectivity index is 1.48. The molecule has 1 saturated heterocycles. The maximum Gasteiger partial charge on any atom is 0.417 e. The lowest BCUT2D eigenvalue weighted by Gasteiger charge is -2.44. The van der Waals surface area contributed by atoms with E-state index in [1.54, 1.807) is 7.11 Å². The Labute approximate surface area is 265 Å². The van der Waals surface area contributed by atoms with E-state index in [0.717, 1.165) is 23.1 Å². The predicted molar refractivity (Wildman–Crippen MR) is 171 cm³/mol. The third-order valence-electron chi connectivity index (χ3n) is 9.24. The Bertz CT molecular complexity index is 1660. The molecular formula is C34H39F4N5O3. The summed E-state index contributed by atoms with van der Waals surface area (Å²) in [5.74, 6) is -0.765. The molecule has 1 unspecified atom stereocenters. The average molecular weight is 642 g/mol. The summed E-state index contributed by atoms with van der Waals surface area (Å²) in [5, 5.41) is 2.63. The van der Waals surface area contributed by atoms with Gasteiger partial charge < -0.3 is 19.9 Å². The van der Waals surface area contributed by atoms with E-state index in [0.29, 0.717) is 44.4 Å². The minimum absolute atomic E-state index is 0.103. The Morgan fingerprint density at radius 2 is 1.76 bits per heavy atom. The van der Waals surface area contributed by atoms with E-state index in [1.807, 2.05) is 56.1 Å². The molecule has 2 aromatic carbocycles. The molecule has 8 nitrogen and oxygen atoms in total. The van der Waals surface area contributed by atoms with Gasteiger partial charge in [-0.25, -0.2) is 4.39 Å². The molecule has 1 fully saturated rings. The monoisotopic (exact) mass is 641 g/mol. The van der Waals surface area contributed by atoms with Gasteiger partial charge in [0.05, 0.1) is 29.6 Å². The van der Waals surface area contributed by atoms with Crippen molar-refractivity contribution in [2.45, 2.75) is 51.5 Å². The molecule has 2 N–H and O–H groups in total. The Kier molecular flexibility index (Phi) is 9.59. The highest BCUT2D eigenvalue weighted by atomic mass is 19.4. The smallest absolute Gasteiger partial charge is 0.417 e. The lowest BCUT2D eigenvalue weighted by Crippen LogP contribution is -2.55. The molecule has 0 saturated carbocycles. The van der Waals surface area contributed by atoms with Crippen LogP contribution in [0.4, 0.5) is 28.9 Å². The first kappa shape index (κ1) is 33.2. The second-order valence-corrected chi connectivity index (χ2v) is 12.1. The largest absolute Gasteiger partial charge is 0.497 e. The second kappa shape index (κ2) is 13.3. The topological polar surface area (TPSA) is 80.9 Å². The van der Waals surface area contributed by atoms with Crippen LogP contribution in [0.25, 0.3) is 5.57 Å². The van der Waals surface area contributed by atoms with E-state index >= 15 is 4.39 Å². The lowest BCUT2D eigenvalue weighted by molar-refractivity contribution is -0.138. The van der Waals surface area contributed by atoms with E-state index in [2.05, 4.69) is 27.0 Å². The van der Waals surface area contributed by atoms with Crippen LogP contribution in [0.15, 0.2) is 59.5 Å². The molecule has 3 heterocycles. The summed E-state index contributed by atoms with van der Waals surface area (Å²) < 4.78 is 62.6. The van der Waals surface area contributed by atoms with E-state index in [9.17, 15) is 22.8 Å². The van der Waals surface area contributed by atoms with Crippen molar-refractivity contribution in [3.05, 3.63) is 93.2 Å². The summed E-state index contributed by atoms with van der Waals surface area (Å²) in [6, 6.07) is 11.4. The standard InChI is InChI=1S/C34H39F4N5O3/c1-20-18-43(19-21(2)41(20)4)31-16-29(35)26(14-30(31)40-33(45)27-17-39-32(44)15-28(27)34(36,37)38)24-10-12-42(13-11-24)22(3)23-6-8-25(46-5)9-7-23/h6-10,14-17,20-22H,11-13,18-19H2,1-5H3,(H,39,44)(H,40,45)/t20-,21+,22?. The fraction of sp³-hybridized carbons (Fsp3) is 0.412. The maximum absolute atomic E-state index is 16.0. The van der Waals surface area contributed by atoms with Gasteiger partial charge in [-0.1, -0.05) is 18.2 Å². The van der Waals surface area contributed by atoms with Gasteiger partial charge in [0.15, 0.2) is 0 Å². The van der Waals surface area contributed by atoms with Crippen LogP contribution in [0.2, 0.25) is 0 Å². The first-order valence-corrected chi connectivity index (χ1v) is 15.3. The number of aromatic amines is 1. The number of methoxy groups -OCH3 is 1. The summed E-state index contributed by atoms with van der Waals surface area (Å²) in [7, 11) is 3.62. The highest BCUT2D eigenvalue weighted by Crippen LogP contribution is 2.38. The minimum atomic E-state index is -4.93. The van der Waals surface area contributed by atoms with Gasteiger partial charge in [0.25, 0.3) is 5.91 Å². The summed E-state index contributed by atoms with van der Waals surface area (Å²) in [6.45, 7) is 8.44. The third kappa shape index (κ3) is 6.97. The quantitative estimate of drug-likeness (QED) is 0.301. The first-order chi connectivity index (χ1) is 21.8. The summed E-state index contributed by atoms with van der Waals surface area (Å²) in [5.41, 5.74) is -0.334. The zero-order valence-electron chi connectivity index (χ0n) is 26.5. The molecular weight excluding hydrogens is 602 g/mol. The molecule has 12 heteroatoms. The van der Waals surface area contributed by atoms with Crippen molar-refractivity contribution in [3.63, 3.8) is 0 Å². The number of pyridine rings is 1. The number of rotatable bonds is 7. The molecule has 3 aromatic rings. The van der Waals surface area contributed by atoms with Crippen LogP contribution in [0, 0.1) is 5.82 Å². The number of nitrogens with zero attached hydrogens (tertiary/aromatic N) is 3. The zero-order chi connectivity index (χ0) is 33.3. The number of H-pyrrole nitrogens is 1. The SMILES string of the molecule is COc1ccc(C(C)N2CC=C(c3cc(NC(=O)c4c[nH]c(=O)cc4C(F)(F)F)c(N4C[C@@H](C)N(C)[C@@H](C)C4)cc3F)CC2)cc1. The molecule has 2 aliphatic rings. The summed E-state index contributed by atoms with van der Waals surface area (Å²) in [4.78, 5) is 33.7. The Hall–Kier alpha value is -4.16. The number of anilines is 2. The van der Waals surface area contributed by atoms with Crippen LogP contribution in [0.5, 0.6) is 5.75 Å². The predicted octanol–water partition coefficient (Wildman–Crippen LogP) is 6.17.